The van der Waals surface area contributed by atoms with Crippen LogP contribution in [0, 0.1) is 6.92 Å². The predicted octanol–water partition coefficient (Wildman–Crippen LogP) is 2.86. The molecule has 0 spiro atoms. The van der Waals surface area contributed by atoms with Crippen LogP contribution >= 0.6 is 22.9 Å². The quantitative estimate of drug-likeness (QED) is 0.853. The first-order valence-corrected chi connectivity index (χ1v) is 8.80. The molecule has 0 bridgehead atoms. The minimum Gasteiger partial charge on any atom is -0.384 e. The van der Waals surface area contributed by atoms with Crippen LogP contribution in [0.15, 0.2) is 0 Å². The predicted molar refractivity (Wildman–Crippen MR) is 87.9 cm³/mol. The van der Waals surface area contributed by atoms with Crippen molar-refractivity contribution in [2.24, 2.45) is 0 Å². The highest BCUT2D eigenvalue weighted by Crippen LogP contribution is 2.49. The lowest BCUT2D eigenvalue weighted by molar-refractivity contribution is -0.0358. The summed E-state index contributed by atoms with van der Waals surface area (Å²) in [6, 6.07) is 0. The van der Waals surface area contributed by atoms with E-state index in [0.717, 1.165) is 58.8 Å². The molecule has 1 saturated heterocycles. The summed E-state index contributed by atoms with van der Waals surface area (Å²) < 4.78 is 6.45. The van der Waals surface area contributed by atoms with E-state index in [0.29, 0.717) is 13.2 Å². The van der Waals surface area contributed by atoms with E-state index in [1.165, 1.54) is 0 Å². The maximum Gasteiger partial charge on any atom is 0.224 e. The maximum atomic E-state index is 10.7. The van der Waals surface area contributed by atoms with Crippen molar-refractivity contribution in [1.29, 1.82) is 0 Å². The van der Waals surface area contributed by atoms with Gasteiger partial charge in [0.1, 0.15) is 0 Å². The van der Waals surface area contributed by atoms with E-state index in [1.807, 2.05) is 6.92 Å². The van der Waals surface area contributed by atoms with Crippen LogP contribution in [0.2, 0.25) is 5.28 Å². The number of nitrogens with zero attached hydrogens (tertiary/aromatic N) is 3. The molecular weight excluding hydrogens is 322 g/mol. The number of aliphatic hydroxyl groups is 1. The van der Waals surface area contributed by atoms with Gasteiger partial charge in [-0.3, -0.25) is 0 Å². The molecule has 1 N–H and O–H groups in total. The molecule has 1 aliphatic carbocycles. The molecule has 2 aromatic heterocycles. The van der Waals surface area contributed by atoms with Crippen LogP contribution in [0.3, 0.4) is 0 Å². The Morgan fingerprint density at radius 1 is 1.27 bits per heavy atom. The number of morpholine rings is 1. The van der Waals surface area contributed by atoms with E-state index in [-0.39, 0.29) is 5.28 Å². The van der Waals surface area contributed by atoms with Crippen molar-refractivity contribution in [2.45, 2.75) is 31.8 Å². The van der Waals surface area contributed by atoms with E-state index in [2.05, 4.69) is 14.9 Å². The van der Waals surface area contributed by atoms with Gasteiger partial charge in [-0.05, 0) is 43.4 Å². The third-order valence-corrected chi connectivity index (χ3v) is 6.27. The summed E-state index contributed by atoms with van der Waals surface area (Å²) in [5, 5.41) is 11.0. The zero-order valence-corrected chi connectivity index (χ0v) is 14.0. The first-order valence-electron chi connectivity index (χ1n) is 7.61. The largest absolute Gasteiger partial charge is 0.384 e. The second kappa shape index (κ2) is 5.30. The van der Waals surface area contributed by atoms with Crippen molar-refractivity contribution in [1.82, 2.24) is 9.97 Å². The maximum absolute atomic E-state index is 10.7. The number of hydrogen-bond donors (Lipinski definition) is 1. The van der Waals surface area contributed by atoms with Gasteiger partial charge in [-0.25, -0.2) is 4.98 Å². The molecule has 2 fully saturated rings. The van der Waals surface area contributed by atoms with Crippen LogP contribution < -0.4 is 4.90 Å². The fourth-order valence-corrected chi connectivity index (χ4v) is 4.79. The first-order chi connectivity index (χ1) is 10.6. The van der Waals surface area contributed by atoms with E-state index in [1.54, 1.807) is 11.3 Å². The number of rotatable bonds is 2. The SMILES string of the molecule is Cc1c(C2(O)CCC2)sc2c(N3CCOCC3)nc(Cl)nc12. The van der Waals surface area contributed by atoms with Crippen LogP contribution in [-0.4, -0.2) is 41.4 Å². The third-order valence-electron chi connectivity index (χ3n) is 4.63. The van der Waals surface area contributed by atoms with Gasteiger partial charge in [-0.2, -0.15) is 4.98 Å². The topological polar surface area (TPSA) is 58.5 Å². The first kappa shape index (κ1) is 14.6. The third kappa shape index (κ3) is 2.21. The Morgan fingerprint density at radius 2 is 2.00 bits per heavy atom. The molecule has 0 aromatic carbocycles. The van der Waals surface area contributed by atoms with Gasteiger partial charge in [0.25, 0.3) is 0 Å². The number of halogens is 1. The Morgan fingerprint density at radius 3 is 2.64 bits per heavy atom. The molecule has 22 heavy (non-hydrogen) atoms. The number of anilines is 1. The van der Waals surface area contributed by atoms with E-state index in [9.17, 15) is 5.11 Å². The average molecular weight is 340 g/mol. The van der Waals surface area contributed by atoms with Gasteiger partial charge in [0.2, 0.25) is 5.28 Å². The Hall–Kier alpha value is -0.950. The van der Waals surface area contributed by atoms with Crippen LogP contribution in [0.4, 0.5) is 5.82 Å². The Balaban J connectivity index is 1.88. The molecule has 0 radical (unpaired) electrons. The molecule has 0 amide bonds. The van der Waals surface area contributed by atoms with Crippen molar-refractivity contribution in [3.8, 4) is 0 Å². The van der Waals surface area contributed by atoms with E-state index < -0.39 is 5.60 Å². The molecular formula is C15H18ClN3O2S. The summed E-state index contributed by atoms with van der Waals surface area (Å²) in [5.74, 6) is 0.876. The van der Waals surface area contributed by atoms with Crippen molar-refractivity contribution in [3.63, 3.8) is 0 Å². The summed E-state index contributed by atoms with van der Waals surface area (Å²) in [4.78, 5) is 12.1. The number of fused-ring (bicyclic) bond motifs is 1. The molecule has 3 heterocycles. The van der Waals surface area contributed by atoms with Crippen LogP contribution in [0.1, 0.15) is 29.7 Å². The normalized spacial score (nSPS) is 21.1. The minimum atomic E-state index is -0.676. The summed E-state index contributed by atoms with van der Waals surface area (Å²) in [5.41, 5.74) is 1.24. The van der Waals surface area contributed by atoms with Crippen molar-refractivity contribution in [2.75, 3.05) is 31.2 Å². The standard InChI is InChI=1S/C15H18ClN3O2S/c1-9-10-11(22-12(9)15(20)3-2-4-15)13(18-14(16)17-10)19-5-7-21-8-6-19/h20H,2-8H2,1H3. The zero-order chi connectivity index (χ0) is 15.3. The highest BCUT2D eigenvalue weighted by atomic mass is 35.5. The lowest BCUT2D eigenvalue weighted by atomic mass is 9.78. The fraction of sp³-hybridized carbons (Fsp3) is 0.600. The van der Waals surface area contributed by atoms with Crippen LogP contribution in [0.5, 0.6) is 0 Å². The van der Waals surface area contributed by atoms with Gasteiger partial charge in [0, 0.05) is 18.0 Å². The van der Waals surface area contributed by atoms with Gasteiger partial charge in [0.15, 0.2) is 5.82 Å². The van der Waals surface area contributed by atoms with Gasteiger partial charge in [-0.15, -0.1) is 11.3 Å². The molecule has 7 heteroatoms. The highest BCUT2D eigenvalue weighted by Gasteiger charge is 2.40. The average Bonchev–Trinajstić information content (AvgIpc) is 2.83. The lowest BCUT2D eigenvalue weighted by Gasteiger charge is -2.36. The lowest BCUT2D eigenvalue weighted by Crippen LogP contribution is -2.36. The number of hydrogen-bond acceptors (Lipinski definition) is 6. The van der Waals surface area contributed by atoms with Crippen molar-refractivity contribution >= 4 is 39.0 Å². The van der Waals surface area contributed by atoms with E-state index in [4.69, 9.17) is 16.3 Å². The molecule has 0 atom stereocenters. The number of aromatic nitrogens is 2. The Kier molecular flexibility index (Phi) is 3.52. The smallest absolute Gasteiger partial charge is 0.224 e. The van der Waals surface area contributed by atoms with Gasteiger partial charge in [0.05, 0.1) is 29.0 Å². The molecule has 5 nitrogen and oxygen atoms in total. The van der Waals surface area contributed by atoms with Crippen molar-refractivity contribution < 1.29 is 9.84 Å². The molecule has 4 rings (SSSR count). The summed E-state index contributed by atoms with van der Waals surface area (Å²) in [6.45, 7) is 5.03. The summed E-state index contributed by atoms with van der Waals surface area (Å²) >= 11 is 7.77. The molecule has 0 unspecified atom stereocenters. The number of aryl methyl sites for hydroxylation is 1. The van der Waals surface area contributed by atoms with E-state index >= 15 is 0 Å². The van der Waals surface area contributed by atoms with Gasteiger partial charge >= 0.3 is 0 Å². The fourth-order valence-electron chi connectivity index (χ4n) is 3.22. The number of thiophene rings is 1. The second-order valence-corrected chi connectivity index (χ2v) is 7.39. The summed E-state index contributed by atoms with van der Waals surface area (Å²) in [7, 11) is 0. The molecule has 1 saturated carbocycles. The van der Waals surface area contributed by atoms with Gasteiger partial charge < -0.3 is 14.7 Å². The minimum absolute atomic E-state index is 0.266. The molecule has 2 aliphatic rings. The molecule has 118 valence electrons. The number of ether oxygens (including phenoxy) is 1. The Bertz CT molecular complexity index is 723. The molecule has 2 aromatic rings. The second-order valence-electron chi connectivity index (χ2n) is 6.03. The Labute approximate surface area is 137 Å². The summed E-state index contributed by atoms with van der Waals surface area (Å²) in [6.07, 6.45) is 2.73. The van der Waals surface area contributed by atoms with Gasteiger partial charge in [-0.1, -0.05) is 0 Å². The molecule has 1 aliphatic heterocycles. The monoisotopic (exact) mass is 339 g/mol. The highest BCUT2D eigenvalue weighted by molar-refractivity contribution is 7.20. The van der Waals surface area contributed by atoms with Crippen molar-refractivity contribution in [3.05, 3.63) is 15.7 Å². The zero-order valence-electron chi connectivity index (χ0n) is 12.4. The van der Waals surface area contributed by atoms with Crippen LogP contribution in [0.25, 0.3) is 10.2 Å². The van der Waals surface area contributed by atoms with Crippen LogP contribution in [-0.2, 0) is 10.3 Å².